The van der Waals surface area contributed by atoms with E-state index in [1.807, 2.05) is 25.1 Å². The van der Waals surface area contributed by atoms with Gasteiger partial charge in [-0.15, -0.1) is 12.6 Å². The molecule has 21 heavy (non-hydrogen) atoms. The number of thiol groups is 1. The highest BCUT2D eigenvalue weighted by Crippen LogP contribution is 2.42. The van der Waals surface area contributed by atoms with Crippen molar-refractivity contribution >= 4 is 18.5 Å². The number of aryl methyl sites for hydroxylation is 1. The van der Waals surface area contributed by atoms with Crippen molar-refractivity contribution in [1.29, 1.82) is 0 Å². The Morgan fingerprint density at radius 2 is 2.00 bits per heavy atom. The molecule has 1 fully saturated rings. The van der Waals surface area contributed by atoms with Crippen LogP contribution in [0.2, 0.25) is 0 Å². The molecule has 1 aromatic rings. The molecule has 1 aliphatic carbocycles. The fraction of sp³-hybridized carbons (Fsp3) is 0.611. The summed E-state index contributed by atoms with van der Waals surface area (Å²) in [6.07, 6.45) is 6.30. The first kappa shape index (κ1) is 16.4. The molecule has 0 unspecified atom stereocenters. The summed E-state index contributed by atoms with van der Waals surface area (Å²) in [7, 11) is 0. The number of carbonyl (C=O) groups excluding carboxylic acids is 1. The van der Waals surface area contributed by atoms with Crippen LogP contribution in [0, 0.1) is 18.3 Å². The summed E-state index contributed by atoms with van der Waals surface area (Å²) in [5, 5.41) is 3.18. The fourth-order valence-corrected chi connectivity index (χ4v) is 3.87. The first-order valence-corrected chi connectivity index (χ1v) is 8.44. The molecule has 0 spiro atoms. The Hall–Kier alpha value is -0.960. The molecule has 2 rings (SSSR count). The molecule has 0 aromatic heterocycles. The lowest BCUT2D eigenvalue weighted by Crippen LogP contribution is -2.37. The fourth-order valence-electron chi connectivity index (χ4n) is 3.66. The van der Waals surface area contributed by atoms with Gasteiger partial charge >= 0.3 is 0 Å². The maximum absolute atomic E-state index is 12.5. The van der Waals surface area contributed by atoms with Crippen LogP contribution in [0.25, 0.3) is 0 Å². The first-order chi connectivity index (χ1) is 9.92. The van der Waals surface area contributed by atoms with Gasteiger partial charge in [-0.1, -0.05) is 32.8 Å². The Morgan fingerprint density at radius 1 is 1.33 bits per heavy atom. The maximum Gasteiger partial charge on any atom is 0.251 e. The predicted octanol–water partition coefficient (Wildman–Crippen LogP) is 4.62. The standard InChI is InChI=1S/C18H27NOS/c1-13(2)11-18(8-4-5-9-18)12-19-17(20)16-10-15(21)7-6-14(16)3/h6-7,10,13,21H,4-5,8-9,11-12H2,1-3H3,(H,19,20). The molecule has 0 radical (unpaired) electrons. The average Bonchev–Trinajstić information content (AvgIpc) is 2.87. The van der Waals surface area contributed by atoms with Gasteiger partial charge in [-0.2, -0.15) is 0 Å². The van der Waals surface area contributed by atoms with Gasteiger partial charge in [-0.25, -0.2) is 0 Å². The quantitative estimate of drug-likeness (QED) is 0.764. The van der Waals surface area contributed by atoms with Gasteiger partial charge in [-0.3, -0.25) is 4.79 Å². The van der Waals surface area contributed by atoms with Gasteiger partial charge in [0.25, 0.3) is 5.91 Å². The number of carbonyl (C=O) groups is 1. The number of benzene rings is 1. The van der Waals surface area contributed by atoms with Crippen molar-refractivity contribution in [2.75, 3.05) is 6.54 Å². The Bertz CT molecular complexity index is 504. The van der Waals surface area contributed by atoms with E-state index < -0.39 is 0 Å². The zero-order valence-corrected chi connectivity index (χ0v) is 14.3. The molecule has 0 atom stereocenters. The van der Waals surface area contributed by atoms with Crippen molar-refractivity contribution < 1.29 is 4.79 Å². The molecule has 0 aliphatic heterocycles. The summed E-state index contributed by atoms with van der Waals surface area (Å²) in [5.41, 5.74) is 2.07. The molecular weight excluding hydrogens is 278 g/mol. The van der Waals surface area contributed by atoms with Gasteiger partial charge in [0.05, 0.1) is 0 Å². The highest BCUT2D eigenvalue weighted by atomic mass is 32.1. The van der Waals surface area contributed by atoms with Crippen molar-refractivity contribution in [3.63, 3.8) is 0 Å². The second kappa shape index (κ2) is 6.87. The van der Waals surface area contributed by atoms with Crippen LogP contribution in [-0.4, -0.2) is 12.5 Å². The molecule has 0 bridgehead atoms. The van der Waals surface area contributed by atoms with Gasteiger partial charge in [0.15, 0.2) is 0 Å². The van der Waals surface area contributed by atoms with E-state index in [2.05, 4.69) is 31.8 Å². The lowest BCUT2D eigenvalue weighted by molar-refractivity contribution is 0.0921. The second-order valence-electron chi connectivity index (χ2n) is 6.99. The van der Waals surface area contributed by atoms with E-state index in [4.69, 9.17) is 0 Å². The van der Waals surface area contributed by atoms with Crippen LogP contribution in [-0.2, 0) is 0 Å². The lowest BCUT2D eigenvalue weighted by atomic mass is 9.78. The van der Waals surface area contributed by atoms with E-state index in [9.17, 15) is 4.79 Å². The summed E-state index contributed by atoms with van der Waals surface area (Å²) >= 11 is 4.33. The van der Waals surface area contributed by atoms with Gasteiger partial charge in [0.1, 0.15) is 0 Å². The van der Waals surface area contributed by atoms with E-state index in [-0.39, 0.29) is 5.91 Å². The van der Waals surface area contributed by atoms with Crippen LogP contribution < -0.4 is 5.32 Å². The molecular formula is C18H27NOS. The molecule has 3 heteroatoms. The lowest BCUT2D eigenvalue weighted by Gasteiger charge is -2.31. The topological polar surface area (TPSA) is 29.1 Å². The highest BCUT2D eigenvalue weighted by molar-refractivity contribution is 7.80. The number of amides is 1. The Labute approximate surface area is 134 Å². The molecule has 1 aliphatic rings. The summed E-state index contributed by atoms with van der Waals surface area (Å²) < 4.78 is 0. The Balaban J connectivity index is 2.03. The minimum Gasteiger partial charge on any atom is -0.351 e. The summed E-state index contributed by atoms with van der Waals surface area (Å²) in [5.74, 6) is 0.723. The van der Waals surface area contributed by atoms with Crippen LogP contribution in [0.5, 0.6) is 0 Å². The summed E-state index contributed by atoms with van der Waals surface area (Å²) in [6, 6.07) is 5.74. The van der Waals surface area contributed by atoms with Crippen LogP contribution in [0.15, 0.2) is 23.1 Å². The van der Waals surface area contributed by atoms with E-state index in [1.54, 1.807) is 0 Å². The van der Waals surface area contributed by atoms with Crippen LogP contribution in [0.1, 0.15) is 61.9 Å². The third-order valence-electron chi connectivity index (χ3n) is 4.60. The molecule has 1 aromatic carbocycles. The molecule has 0 heterocycles. The van der Waals surface area contributed by atoms with Crippen LogP contribution in [0.3, 0.4) is 0 Å². The second-order valence-corrected chi connectivity index (χ2v) is 7.50. The van der Waals surface area contributed by atoms with Crippen LogP contribution >= 0.6 is 12.6 Å². The van der Waals surface area contributed by atoms with Gasteiger partial charge in [-0.05, 0) is 55.2 Å². The Morgan fingerprint density at radius 3 is 2.62 bits per heavy atom. The molecule has 1 N–H and O–H groups in total. The predicted molar refractivity (Wildman–Crippen MR) is 91.1 cm³/mol. The van der Waals surface area contributed by atoms with E-state index in [1.165, 1.54) is 32.1 Å². The molecule has 2 nitrogen and oxygen atoms in total. The zero-order chi connectivity index (χ0) is 15.5. The minimum atomic E-state index is 0.0402. The van der Waals surface area contributed by atoms with Gasteiger partial charge in [0.2, 0.25) is 0 Å². The van der Waals surface area contributed by atoms with E-state index >= 15 is 0 Å². The maximum atomic E-state index is 12.5. The number of hydrogen-bond acceptors (Lipinski definition) is 2. The van der Waals surface area contributed by atoms with Gasteiger partial charge in [0, 0.05) is 17.0 Å². The first-order valence-electron chi connectivity index (χ1n) is 8.00. The zero-order valence-electron chi connectivity index (χ0n) is 13.4. The van der Waals surface area contributed by atoms with Crippen molar-refractivity contribution in [2.45, 2.75) is 57.8 Å². The number of nitrogens with one attached hydrogen (secondary N) is 1. The van der Waals surface area contributed by atoms with Crippen molar-refractivity contribution in [2.24, 2.45) is 11.3 Å². The highest BCUT2D eigenvalue weighted by Gasteiger charge is 2.34. The smallest absolute Gasteiger partial charge is 0.251 e. The normalized spacial score (nSPS) is 17.2. The minimum absolute atomic E-state index is 0.0402. The molecule has 0 saturated heterocycles. The largest absolute Gasteiger partial charge is 0.351 e. The van der Waals surface area contributed by atoms with Crippen LogP contribution in [0.4, 0.5) is 0 Å². The van der Waals surface area contributed by atoms with E-state index in [0.29, 0.717) is 11.3 Å². The third-order valence-corrected chi connectivity index (χ3v) is 4.87. The SMILES string of the molecule is Cc1ccc(S)cc1C(=O)NCC1(CC(C)C)CCCC1. The Kier molecular flexibility index (Phi) is 5.37. The number of rotatable bonds is 5. The molecule has 1 amide bonds. The molecule has 116 valence electrons. The summed E-state index contributed by atoms with van der Waals surface area (Å²) in [4.78, 5) is 13.3. The van der Waals surface area contributed by atoms with Crippen molar-refractivity contribution in [3.05, 3.63) is 29.3 Å². The van der Waals surface area contributed by atoms with Crippen molar-refractivity contribution in [1.82, 2.24) is 5.32 Å². The van der Waals surface area contributed by atoms with Gasteiger partial charge < -0.3 is 5.32 Å². The third kappa shape index (κ3) is 4.26. The average molecular weight is 305 g/mol. The van der Waals surface area contributed by atoms with E-state index in [0.717, 1.165) is 22.6 Å². The van der Waals surface area contributed by atoms with Crippen molar-refractivity contribution in [3.8, 4) is 0 Å². The molecule has 1 saturated carbocycles. The monoisotopic (exact) mass is 305 g/mol. The summed E-state index contributed by atoms with van der Waals surface area (Å²) in [6.45, 7) is 7.33. The number of hydrogen-bond donors (Lipinski definition) is 2.